The quantitative estimate of drug-likeness (QED) is 0.0865. The molecule has 1 unspecified atom stereocenters. The van der Waals surface area contributed by atoms with E-state index in [-0.39, 0.29) is 25.4 Å². The molecule has 0 bridgehead atoms. The Hall–Kier alpha value is -0.680. The molecular formula is C29H58FNO3. The van der Waals surface area contributed by atoms with Gasteiger partial charge in [0.1, 0.15) is 6.10 Å². The van der Waals surface area contributed by atoms with Gasteiger partial charge >= 0.3 is 5.97 Å². The number of hydrogen-bond donors (Lipinski definition) is 2. The minimum absolute atomic E-state index is 0.00974. The van der Waals surface area contributed by atoms with E-state index < -0.39 is 0 Å². The van der Waals surface area contributed by atoms with Crippen molar-refractivity contribution in [3.05, 3.63) is 0 Å². The van der Waals surface area contributed by atoms with E-state index >= 15 is 0 Å². The van der Waals surface area contributed by atoms with Crippen LogP contribution in [0.3, 0.4) is 0 Å². The lowest BCUT2D eigenvalue weighted by Crippen LogP contribution is -2.18. The summed E-state index contributed by atoms with van der Waals surface area (Å²) in [6.07, 6.45) is 24.0. The van der Waals surface area contributed by atoms with E-state index in [9.17, 15) is 9.18 Å². The standard InChI is InChI=1S/C29H58FNO3/c1-2-3-4-5-9-14-21-28(22-15-10-6-7-12-17-24-30)34-29(33)23-16-11-8-13-18-25-31-26-19-20-27-32/h28,31-32H,2-27H2,1H3. The van der Waals surface area contributed by atoms with E-state index in [1.165, 1.54) is 51.4 Å². The fraction of sp³-hybridized carbons (Fsp3) is 0.966. The van der Waals surface area contributed by atoms with Crippen molar-refractivity contribution in [2.45, 2.75) is 154 Å². The number of alkyl halides is 1. The molecule has 0 aromatic carbocycles. The Labute approximate surface area is 211 Å². The summed E-state index contributed by atoms with van der Waals surface area (Å²) in [5.41, 5.74) is 0. The average molecular weight is 488 g/mol. The van der Waals surface area contributed by atoms with Gasteiger partial charge in [0.15, 0.2) is 0 Å². The number of aliphatic hydroxyl groups is 1. The summed E-state index contributed by atoms with van der Waals surface area (Å²) in [6.45, 7) is 4.37. The predicted molar refractivity (Wildman–Crippen MR) is 143 cm³/mol. The predicted octanol–water partition coefficient (Wildman–Crippen LogP) is 8.05. The Morgan fingerprint density at radius 3 is 1.79 bits per heavy atom. The summed E-state index contributed by atoms with van der Waals surface area (Å²) in [5, 5.41) is 12.2. The Balaban J connectivity index is 3.91. The van der Waals surface area contributed by atoms with E-state index in [1.54, 1.807) is 0 Å². The minimum Gasteiger partial charge on any atom is -0.462 e. The van der Waals surface area contributed by atoms with Crippen molar-refractivity contribution in [1.82, 2.24) is 5.32 Å². The molecule has 0 aliphatic heterocycles. The lowest BCUT2D eigenvalue weighted by atomic mass is 10.0. The number of rotatable bonds is 28. The summed E-state index contributed by atoms with van der Waals surface area (Å²) in [4.78, 5) is 12.4. The molecule has 0 radical (unpaired) electrons. The van der Waals surface area contributed by atoms with Crippen molar-refractivity contribution < 1.29 is 19.0 Å². The molecule has 0 saturated carbocycles. The van der Waals surface area contributed by atoms with Crippen LogP contribution in [0.15, 0.2) is 0 Å². The van der Waals surface area contributed by atoms with Gasteiger partial charge in [-0.25, -0.2) is 0 Å². The minimum atomic E-state index is -0.195. The molecule has 0 aliphatic carbocycles. The summed E-state index contributed by atoms with van der Waals surface area (Å²) in [5.74, 6) is -0.00974. The Kier molecular flexibility index (Phi) is 28.0. The normalized spacial score (nSPS) is 12.2. The van der Waals surface area contributed by atoms with Crippen molar-refractivity contribution in [2.75, 3.05) is 26.4 Å². The first kappa shape index (κ1) is 33.3. The molecule has 0 saturated heterocycles. The zero-order valence-corrected chi connectivity index (χ0v) is 22.6. The van der Waals surface area contributed by atoms with Crippen LogP contribution in [-0.4, -0.2) is 43.6 Å². The van der Waals surface area contributed by atoms with Crippen molar-refractivity contribution in [3.8, 4) is 0 Å². The maximum Gasteiger partial charge on any atom is 0.306 e. The average Bonchev–Trinajstić information content (AvgIpc) is 2.83. The Morgan fingerprint density at radius 1 is 0.706 bits per heavy atom. The molecule has 0 aromatic heterocycles. The Morgan fingerprint density at radius 2 is 1.21 bits per heavy atom. The second-order valence-corrected chi connectivity index (χ2v) is 9.97. The number of nitrogens with one attached hydrogen (secondary N) is 1. The lowest BCUT2D eigenvalue weighted by Gasteiger charge is -2.18. The number of carbonyl (C=O) groups is 1. The molecule has 2 N–H and O–H groups in total. The van der Waals surface area contributed by atoms with Crippen molar-refractivity contribution in [3.63, 3.8) is 0 Å². The number of ether oxygens (including phenoxy) is 1. The van der Waals surface area contributed by atoms with Crippen LogP contribution in [0, 0.1) is 0 Å². The van der Waals surface area contributed by atoms with Gasteiger partial charge in [0.05, 0.1) is 6.67 Å². The first-order valence-electron chi connectivity index (χ1n) is 14.8. The third-order valence-electron chi connectivity index (χ3n) is 6.58. The van der Waals surface area contributed by atoms with Gasteiger partial charge in [-0.2, -0.15) is 0 Å². The molecule has 0 rings (SSSR count). The van der Waals surface area contributed by atoms with E-state index in [0.29, 0.717) is 12.8 Å². The molecule has 1 atom stereocenters. The van der Waals surface area contributed by atoms with Crippen LogP contribution in [0.25, 0.3) is 0 Å². The third kappa shape index (κ3) is 25.9. The van der Waals surface area contributed by atoms with Gasteiger partial charge in [-0.1, -0.05) is 84.0 Å². The van der Waals surface area contributed by atoms with Crippen molar-refractivity contribution >= 4 is 5.97 Å². The number of esters is 1. The van der Waals surface area contributed by atoms with Crippen LogP contribution < -0.4 is 5.32 Å². The lowest BCUT2D eigenvalue weighted by molar-refractivity contribution is -0.150. The molecule has 0 aromatic rings. The highest BCUT2D eigenvalue weighted by Crippen LogP contribution is 2.18. The second kappa shape index (κ2) is 28.6. The summed E-state index contributed by atoms with van der Waals surface area (Å²) in [7, 11) is 0. The molecular weight excluding hydrogens is 429 g/mol. The molecule has 34 heavy (non-hydrogen) atoms. The smallest absolute Gasteiger partial charge is 0.306 e. The molecule has 5 heteroatoms. The van der Waals surface area contributed by atoms with Crippen LogP contribution in [0.4, 0.5) is 4.39 Å². The highest BCUT2D eigenvalue weighted by Gasteiger charge is 2.14. The van der Waals surface area contributed by atoms with Crippen LogP contribution in [0.2, 0.25) is 0 Å². The monoisotopic (exact) mass is 487 g/mol. The largest absolute Gasteiger partial charge is 0.462 e. The fourth-order valence-electron chi connectivity index (χ4n) is 4.37. The van der Waals surface area contributed by atoms with Gasteiger partial charge < -0.3 is 15.2 Å². The molecule has 0 fully saturated rings. The summed E-state index contributed by atoms with van der Waals surface area (Å²) < 4.78 is 18.1. The number of carbonyl (C=O) groups excluding carboxylic acids is 1. The summed E-state index contributed by atoms with van der Waals surface area (Å²) >= 11 is 0. The first-order chi connectivity index (χ1) is 16.7. The zero-order valence-electron chi connectivity index (χ0n) is 22.6. The Bertz CT molecular complexity index is 409. The maximum atomic E-state index is 12.4. The van der Waals surface area contributed by atoms with Gasteiger partial charge in [-0.3, -0.25) is 9.18 Å². The molecule has 0 spiro atoms. The van der Waals surface area contributed by atoms with Crippen LogP contribution >= 0.6 is 0 Å². The molecule has 4 nitrogen and oxygen atoms in total. The zero-order chi connectivity index (χ0) is 25.0. The van der Waals surface area contributed by atoms with E-state index in [2.05, 4.69) is 12.2 Å². The van der Waals surface area contributed by atoms with Gasteiger partial charge in [0.2, 0.25) is 0 Å². The molecule has 0 amide bonds. The van der Waals surface area contributed by atoms with Crippen LogP contribution in [0.5, 0.6) is 0 Å². The van der Waals surface area contributed by atoms with Crippen molar-refractivity contribution in [1.29, 1.82) is 0 Å². The van der Waals surface area contributed by atoms with Gasteiger partial charge in [0, 0.05) is 13.0 Å². The number of aliphatic hydroxyl groups excluding tert-OH is 1. The van der Waals surface area contributed by atoms with Crippen LogP contribution in [-0.2, 0) is 9.53 Å². The maximum absolute atomic E-state index is 12.4. The van der Waals surface area contributed by atoms with E-state index in [4.69, 9.17) is 9.84 Å². The van der Waals surface area contributed by atoms with Crippen molar-refractivity contribution in [2.24, 2.45) is 0 Å². The number of halogens is 1. The topological polar surface area (TPSA) is 58.6 Å². The number of unbranched alkanes of at least 4 members (excludes halogenated alkanes) is 15. The third-order valence-corrected chi connectivity index (χ3v) is 6.58. The highest BCUT2D eigenvalue weighted by atomic mass is 19.1. The second-order valence-electron chi connectivity index (χ2n) is 9.97. The fourth-order valence-corrected chi connectivity index (χ4v) is 4.37. The van der Waals surface area contributed by atoms with Gasteiger partial charge in [-0.15, -0.1) is 0 Å². The molecule has 0 aliphatic rings. The van der Waals surface area contributed by atoms with E-state index in [0.717, 1.165) is 90.1 Å². The van der Waals surface area contributed by atoms with Gasteiger partial charge in [0.25, 0.3) is 0 Å². The van der Waals surface area contributed by atoms with Gasteiger partial charge in [-0.05, 0) is 70.9 Å². The first-order valence-corrected chi connectivity index (χ1v) is 14.8. The van der Waals surface area contributed by atoms with Crippen LogP contribution in [0.1, 0.15) is 148 Å². The molecule has 204 valence electrons. The molecule has 0 heterocycles. The SMILES string of the molecule is CCCCCCCCC(CCCCCCCCF)OC(=O)CCCCCCCNCCCCO. The summed E-state index contributed by atoms with van der Waals surface area (Å²) in [6, 6.07) is 0. The highest BCUT2D eigenvalue weighted by molar-refractivity contribution is 5.69. The number of hydrogen-bond acceptors (Lipinski definition) is 4. The van der Waals surface area contributed by atoms with E-state index in [1.807, 2.05) is 0 Å².